The second-order valence-corrected chi connectivity index (χ2v) is 5.97. The molecule has 0 bridgehead atoms. The Balaban J connectivity index is 1.81. The number of likely N-dealkylation sites (N-methyl/N-ethyl adjacent to an activating group) is 1. The van der Waals surface area contributed by atoms with E-state index in [0.717, 1.165) is 25.3 Å². The lowest BCUT2D eigenvalue weighted by Crippen LogP contribution is -2.38. The molecule has 1 aliphatic rings. The van der Waals surface area contributed by atoms with Gasteiger partial charge >= 0.3 is 0 Å². The van der Waals surface area contributed by atoms with Gasteiger partial charge in [0.2, 0.25) is 0 Å². The maximum Gasteiger partial charge on any atom is 0.119 e. The number of hydrogen-bond acceptors (Lipinski definition) is 3. The zero-order valence-electron chi connectivity index (χ0n) is 13.8. The maximum atomic E-state index is 5.63. The highest BCUT2D eigenvalue weighted by atomic mass is 16.5. The van der Waals surface area contributed by atoms with Crippen molar-refractivity contribution < 1.29 is 4.74 Å². The smallest absolute Gasteiger partial charge is 0.119 e. The molecule has 0 spiro atoms. The van der Waals surface area contributed by atoms with Crippen LogP contribution in [0.2, 0.25) is 0 Å². The van der Waals surface area contributed by atoms with Crippen molar-refractivity contribution in [1.29, 1.82) is 0 Å². The second-order valence-electron chi connectivity index (χ2n) is 5.97. The Kier molecular flexibility index (Phi) is 6.52. The van der Waals surface area contributed by atoms with Crippen LogP contribution in [0.25, 0.3) is 0 Å². The average molecular weight is 290 g/mol. The SMILES string of the molecule is CCCOc1ccc(C(C)NCC2CCCN2CC)cc1. The fraction of sp³-hybridized carbons (Fsp3) is 0.667. The lowest BCUT2D eigenvalue weighted by Gasteiger charge is -2.25. The van der Waals surface area contributed by atoms with E-state index in [1.807, 2.05) is 0 Å². The molecular weight excluding hydrogens is 260 g/mol. The number of hydrogen-bond donors (Lipinski definition) is 1. The number of benzene rings is 1. The van der Waals surface area contributed by atoms with E-state index in [2.05, 4.69) is 55.3 Å². The van der Waals surface area contributed by atoms with Crippen LogP contribution in [0.3, 0.4) is 0 Å². The van der Waals surface area contributed by atoms with Crippen LogP contribution >= 0.6 is 0 Å². The standard InChI is InChI=1S/C18H30N2O/c1-4-13-21-18-10-8-16(9-11-18)15(3)19-14-17-7-6-12-20(17)5-2/h8-11,15,17,19H,4-7,12-14H2,1-3H3. The first-order valence-corrected chi connectivity index (χ1v) is 8.44. The van der Waals surface area contributed by atoms with Gasteiger partial charge in [-0.05, 0) is 57.0 Å². The topological polar surface area (TPSA) is 24.5 Å². The molecule has 1 N–H and O–H groups in total. The van der Waals surface area contributed by atoms with Crippen molar-refractivity contribution in [3.05, 3.63) is 29.8 Å². The van der Waals surface area contributed by atoms with Gasteiger partial charge in [-0.1, -0.05) is 26.0 Å². The normalized spacial score (nSPS) is 20.6. The van der Waals surface area contributed by atoms with Crippen LogP contribution in [0.1, 0.15) is 51.6 Å². The molecular formula is C18H30N2O. The molecule has 3 nitrogen and oxygen atoms in total. The highest BCUT2D eigenvalue weighted by Gasteiger charge is 2.22. The van der Waals surface area contributed by atoms with Gasteiger partial charge < -0.3 is 10.1 Å². The van der Waals surface area contributed by atoms with E-state index in [9.17, 15) is 0 Å². The molecule has 1 aliphatic heterocycles. The zero-order valence-corrected chi connectivity index (χ0v) is 13.8. The number of nitrogens with one attached hydrogen (secondary N) is 1. The van der Waals surface area contributed by atoms with E-state index in [1.165, 1.54) is 31.5 Å². The fourth-order valence-corrected chi connectivity index (χ4v) is 3.05. The molecule has 0 aliphatic carbocycles. The Morgan fingerprint density at radius 2 is 2.05 bits per heavy atom. The molecule has 0 radical (unpaired) electrons. The van der Waals surface area contributed by atoms with Crippen molar-refractivity contribution in [3.63, 3.8) is 0 Å². The lowest BCUT2D eigenvalue weighted by atomic mass is 10.1. The van der Waals surface area contributed by atoms with Gasteiger partial charge in [-0.2, -0.15) is 0 Å². The van der Waals surface area contributed by atoms with Crippen LogP contribution in [0.4, 0.5) is 0 Å². The Bertz CT molecular complexity index is 404. The van der Waals surface area contributed by atoms with Crippen molar-refractivity contribution in [3.8, 4) is 5.75 Å². The summed E-state index contributed by atoms with van der Waals surface area (Å²) in [5.74, 6) is 0.973. The predicted octanol–water partition coefficient (Wildman–Crippen LogP) is 3.61. The van der Waals surface area contributed by atoms with Crippen LogP contribution < -0.4 is 10.1 Å². The van der Waals surface area contributed by atoms with Crippen molar-refractivity contribution in [1.82, 2.24) is 10.2 Å². The zero-order chi connectivity index (χ0) is 15.1. The Morgan fingerprint density at radius 1 is 1.29 bits per heavy atom. The van der Waals surface area contributed by atoms with Gasteiger partial charge in [0.1, 0.15) is 5.75 Å². The van der Waals surface area contributed by atoms with E-state index < -0.39 is 0 Å². The summed E-state index contributed by atoms with van der Waals surface area (Å²) in [7, 11) is 0. The first-order chi connectivity index (χ1) is 10.2. The largest absolute Gasteiger partial charge is 0.494 e. The number of rotatable bonds is 8. The molecule has 1 heterocycles. The predicted molar refractivity (Wildman–Crippen MR) is 88.9 cm³/mol. The van der Waals surface area contributed by atoms with E-state index in [4.69, 9.17) is 4.74 Å². The van der Waals surface area contributed by atoms with Crippen molar-refractivity contribution in [2.75, 3.05) is 26.2 Å². The van der Waals surface area contributed by atoms with E-state index >= 15 is 0 Å². The highest BCUT2D eigenvalue weighted by molar-refractivity contribution is 5.28. The van der Waals surface area contributed by atoms with Crippen molar-refractivity contribution in [2.24, 2.45) is 0 Å². The molecule has 2 atom stereocenters. The Hall–Kier alpha value is -1.06. The van der Waals surface area contributed by atoms with Gasteiger partial charge in [0, 0.05) is 18.6 Å². The summed E-state index contributed by atoms with van der Waals surface area (Å²) in [5, 5.41) is 3.69. The minimum atomic E-state index is 0.393. The van der Waals surface area contributed by atoms with Gasteiger partial charge in [-0.25, -0.2) is 0 Å². The molecule has 1 saturated heterocycles. The van der Waals surface area contributed by atoms with E-state index in [-0.39, 0.29) is 0 Å². The molecule has 0 saturated carbocycles. The first kappa shape index (κ1) is 16.3. The van der Waals surface area contributed by atoms with Crippen LogP contribution in [0, 0.1) is 0 Å². The summed E-state index contributed by atoms with van der Waals surface area (Å²) in [4.78, 5) is 2.58. The van der Waals surface area contributed by atoms with Crippen LogP contribution in [0.15, 0.2) is 24.3 Å². The monoisotopic (exact) mass is 290 g/mol. The molecule has 21 heavy (non-hydrogen) atoms. The first-order valence-electron chi connectivity index (χ1n) is 8.44. The number of ether oxygens (including phenoxy) is 1. The van der Waals surface area contributed by atoms with Gasteiger partial charge in [0.25, 0.3) is 0 Å². The minimum Gasteiger partial charge on any atom is -0.494 e. The summed E-state index contributed by atoms with van der Waals surface area (Å²) in [6.07, 6.45) is 3.73. The average Bonchev–Trinajstić information content (AvgIpc) is 2.98. The quantitative estimate of drug-likeness (QED) is 0.791. The third-order valence-electron chi connectivity index (χ3n) is 4.42. The maximum absolute atomic E-state index is 5.63. The third kappa shape index (κ3) is 4.72. The molecule has 2 unspecified atom stereocenters. The molecule has 1 fully saturated rings. The van der Waals surface area contributed by atoms with E-state index in [0.29, 0.717) is 12.1 Å². The van der Waals surface area contributed by atoms with E-state index in [1.54, 1.807) is 0 Å². The minimum absolute atomic E-state index is 0.393. The number of likely N-dealkylation sites (tertiary alicyclic amines) is 1. The second kappa shape index (κ2) is 8.40. The summed E-state index contributed by atoms with van der Waals surface area (Å²) in [5.41, 5.74) is 1.33. The Morgan fingerprint density at radius 3 is 2.71 bits per heavy atom. The van der Waals surface area contributed by atoms with Gasteiger partial charge in [0.15, 0.2) is 0 Å². The fourth-order valence-electron chi connectivity index (χ4n) is 3.05. The lowest BCUT2D eigenvalue weighted by molar-refractivity contribution is 0.255. The van der Waals surface area contributed by atoms with Gasteiger partial charge in [0.05, 0.1) is 6.61 Å². The Labute approximate surface area is 129 Å². The van der Waals surface area contributed by atoms with Crippen molar-refractivity contribution in [2.45, 2.75) is 52.1 Å². The third-order valence-corrected chi connectivity index (χ3v) is 4.42. The summed E-state index contributed by atoms with van der Waals surface area (Å²) < 4.78 is 5.63. The molecule has 3 heteroatoms. The molecule has 118 valence electrons. The van der Waals surface area contributed by atoms with Gasteiger partial charge in [-0.15, -0.1) is 0 Å². The summed E-state index contributed by atoms with van der Waals surface area (Å²) in [6.45, 7) is 10.9. The molecule has 0 aromatic heterocycles. The van der Waals surface area contributed by atoms with Crippen LogP contribution in [-0.4, -0.2) is 37.2 Å². The van der Waals surface area contributed by atoms with Crippen LogP contribution in [-0.2, 0) is 0 Å². The number of nitrogens with zero attached hydrogens (tertiary/aromatic N) is 1. The van der Waals surface area contributed by atoms with Crippen molar-refractivity contribution >= 4 is 0 Å². The molecule has 2 rings (SSSR count). The van der Waals surface area contributed by atoms with Gasteiger partial charge in [-0.3, -0.25) is 4.90 Å². The molecule has 0 amide bonds. The molecule has 1 aromatic rings. The van der Waals surface area contributed by atoms with Crippen LogP contribution in [0.5, 0.6) is 5.75 Å². The highest BCUT2D eigenvalue weighted by Crippen LogP contribution is 2.20. The molecule has 1 aromatic carbocycles. The summed E-state index contributed by atoms with van der Waals surface area (Å²) in [6, 6.07) is 9.62. The summed E-state index contributed by atoms with van der Waals surface area (Å²) >= 11 is 0.